The lowest BCUT2D eigenvalue weighted by Crippen LogP contribution is -2.61. The van der Waals surface area contributed by atoms with E-state index in [9.17, 15) is 0 Å². The first-order valence-electron chi connectivity index (χ1n) is 23.0. The lowest BCUT2D eigenvalue weighted by atomic mass is 9.60. The van der Waals surface area contributed by atoms with Crippen molar-refractivity contribution in [3.05, 3.63) is 33.9 Å². The van der Waals surface area contributed by atoms with Gasteiger partial charge in [0.25, 0.3) is 0 Å². The first-order chi connectivity index (χ1) is 25.4. The molecule has 0 unspecified atom stereocenters. The van der Waals surface area contributed by atoms with Gasteiger partial charge in [-0.1, -0.05) is 27.7 Å². The van der Waals surface area contributed by atoms with Crippen molar-refractivity contribution >= 4 is 0 Å². The van der Waals surface area contributed by atoms with E-state index in [2.05, 4.69) is 158 Å². The Bertz CT molecular complexity index is 1410. The molecule has 5 rings (SSSR count). The van der Waals surface area contributed by atoms with Crippen LogP contribution in [0.4, 0.5) is 8.78 Å². The van der Waals surface area contributed by atoms with Gasteiger partial charge in [0.1, 0.15) is 0 Å². The Morgan fingerprint density at radius 3 is 0.607 bits per heavy atom. The monoisotopic (exact) mass is 783 g/mol. The van der Waals surface area contributed by atoms with Crippen molar-refractivity contribution in [1.29, 1.82) is 0 Å². The lowest BCUT2D eigenvalue weighted by molar-refractivity contribution is -0.0399. The molecule has 6 heteroatoms. The maximum absolute atomic E-state index is 18.3. The minimum Gasteiger partial charge on any atom is -0.293 e. The molecule has 56 heavy (non-hydrogen) atoms. The van der Waals surface area contributed by atoms with E-state index in [4.69, 9.17) is 0 Å². The Morgan fingerprint density at radius 2 is 0.464 bits per heavy atom. The highest BCUT2D eigenvalue weighted by Crippen LogP contribution is 2.59. The van der Waals surface area contributed by atoms with Gasteiger partial charge >= 0.3 is 0 Å². The van der Waals surface area contributed by atoms with Gasteiger partial charge in [-0.15, -0.1) is 0 Å². The van der Waals surface area contributed by atoms with Gasteiger partial charge < -0.3 is 0 Å². The van der Waals surface area contributed by atoms with Gasteiger partial charge in [0.05, 0.1) is 0 Å². The van der Waals surface area contributed by atoms with Crippen molar-refractivity contribution in [2.24, 2.45) is 0 Å². The number of nitrogens with zero attached hydrogens (tertiary/aromatic N) is 4. The van der Waals surface area contributed by atoms with Crippen LogP contribution in [0, 0.1) is 11.6 Å². The van der Waals surface area contributed by atoms with E-state index in [1.807, 2.05) is 0 Å². The summed E-state index contributed by atoms with van der Waals surface area (Å²) in [6.45, 7) is 51.0. The molecule has 0 aromatic heterocycles. The van der Waals surface area contributed by atoms with E-state index < -0.39 is 11.6 Å². The molecule has 0 radical (unpaired) electrons. The van der Waals surface area contributed by atoms with Gasteiger partial charge in [-0.3, -0.25) is 19.6 Å². The third-order valence-corrected chi connectivity index (χ3v) is 16.2. The van der Waals surface area contributed by atoms with Gasteiger partial charge in [0.15, 0.2) is 11.6 Å². The highest BCUT2D eigenvalue weighted by atomic mass is 19.2. The number of hydrogen-bond donors (Lipinski definition) is 0. The van der Waals surface area contributed by atoms with Crippen LogP contribution in [-0.2, 0) is 0 Å². The quantitative estimate of drug-likeness (QED) is 0.260. The molecule has 4 fully saturated rings. The molecule has 4 aliphatic heterocycles. The molecule has 0 N–H and O–H groups in total. The maximum Gasteiger partial charge on any atom is 0.162 e. The highest BCUT2D eigenvalue weighted by molar-refractivity contribution is 5.52. The fraction of sp³-hybridized carbons (Fsp3) is 0.880. The summed E-state index contributed by atoms with van der Waals surface area (Å²) in [4.78, 5) is 10.6. The zero-order valence-electron chi connectivity index (χ0n) is 40.3. The van der Waals surface area contributed by atoms with E-state index in [0.717, 1.165) is 88.7 Å². The van der Waals surface area contributed by atoms with Gasteiger partial charge in [-0.25, -0.2) is 8.78 Å². The van der Waals surface area contributed by atoms with Crippen molar-refractivity contribution in [2.45, 2.75) is 258 Å². The van der Waals surface area contributed by atoms with E-state index in [0.29, 0.717) is 0 Å². The Hall–Kier alpha value is -1.08. The molecule has 4 saturated heterocycles. The smallest absolute Gasteiger partial charge is 0.162 e. The molecule has 1 aromatic rings. The second kappa shape index (κ2) is 14.8. The third-order valence-electron chi connectivity index (χ3n) is 16.2. The zero-order chi connectivity index (χ0) is 42.6. The van der Waals surface area contributed by atoms with Gasteiger partial charge in [0, 0.05) is 44.3 Å². The second-order valence-corrected chi connectivity index (χ2v) is 24.2. The van der Waals surface area contributed by atoms with Crippen LogP contribution >= 0.6 is 0 Å². The number of halogens is 2. The summed E-state index contributed by atoms with van der Waals surface area (Å²) in [6.07, 6.45) is 7.09. The molecule has 0 bridgehead atoms. The molecule has 0 amide bonds. The van der Waals surface area contributed by atoms with Crippen LogP contribution in [0.15, 0.2) is 0 Å². The highest BCUT2D eigenvalue weighted by Gasteiger charge is 2.54. The summed E-state index contributed by atoms with van der Waals surface area (Å²) in [6, 6.07) is 0. The minimum atomic E-state index is -0.521. The molecule has 0 aliphatic carbocycles. The van der Waals surface area contributed by atoms with E-state index in [-0.39, 0.29) is 68.0 Å². The van der Waals surface area contributed by atoms with Crippen LogP contribution in [0.25, 0.3) is 0 Å². The van der Waals surface area contributed by atoms with Crippen molar-refractivity contribution < 1.29 is 8.78 Å². The molecular weight excluding hydrogens is 695 g/mol. The molecule has 1 aromatic carbocycles. The van der Waals surface area contributed by atoms with Crippen LogP contribution in [-0.4, -0.2) is 90.1 Å². The van der Waals surface area contributed by atoms with Gasteiger partial charge in [-0.2, -0.15) is 0 Å². The first kappa shape index (κ1) is 46.0. The number of piperidine rings is 4. The molecule has 4 aliphatic rings. The predicted molar refractivity (Wildman–Crippen MR) is 236 cm³/mol. The van der Waals surface area contributed by atoms with Crippen molar-refractivity contribution in [1.82, 2.24) is 19.6 Å². The average Bonchev–Trinajstić information content (AvgIpc) is 2.97. The third kappa shape index (κ3) is 7.84. The second-order valence-electron chi connectivity index (χ2n) is 24.2. The van der Waals surface area contributed by atoms with E-state index in [1.54, 1.807) is 0 Å². The van der Waals surface area contributed by atoms with Crippen LogP contribution in [0.5, 0.6) is 0 Å². The molecule has 0 atom stereocenters. The molecule has 4 heterocycles. The average molecular weight is 783 g/mol. The fourth-order valence-corrected chi connectivity index (χ4v) is 16.0. The summed E-state index contributed by atoms with van der Waals surface area (Å²) < 4.78 is 36.6. The summed E-state index contributed by atoms with van der Waals surface area (Å²) in [7, 11) is 0. The van der Waals surface area contributed by atoms with Crippen LogP contribution in [0.1, 0.15) is 236 Å². The predicted octanol–water partition coefficient (Wildman–Crippen LogP) is 13.0. The van der Waals surface area contributed by atoms with Crippen molar-refractivity contribution in [3.8, 4) is 0 Å². The molecule has 4 nitrogen and oxygen atoms in total. The van der Waals surface area contributed by atoms with Crippen molar-refractivity contribution in [2.75, 3.05) is 26.2 Å². The topological polar surface area (TPSA) is 13.0 Å². The Morgan fingerprint density at radius 1 is 0.321 bits per heavy atom. The van der Waals surface area contributed by atoms with Gasteiger partial charge in [-0.05, 0) is 234 Å². The Kier molecular flexibility index (Phi) is 12.2. The van der Waals surface area contributed by atoms with E-state index in [1.165, 1.54) is 11.1 Å². The normalized spacial score (nSPS) is 28.8. The molecular formula is C50H88F2N4. The maximum atomic E-state index is 18.3. The SMILES string of the molecule is CCN1C(C)(C)CC(c2c(F)c(F)c(C3CC(C)(C)N(CC)C(C)(C)C3)c(C3CC(C)(C)N(CC)C(C)(C)C3)c2C2CC(C)(C)N(CC)C(C)(C)C2)CC1(C)C. The number of hydrogen-bond acceptors (Lipinski definition) is 4. The largest absolute Gasteiger partial charge is 0.293 e. The van der Waals surface area contributed by atoms with E-state index >= 15 is 8.78 Å². The molecule has 0 spiro atoms. The standard InChI is InChI=1S/C50H88F2N4/c1-21-53-43(5,6)25-33(26-44(53,7)8)37-38(34-27-45(9,10)54(22-2)46(11,12)28-34)40(36-31-49(17,18)56(24-4)50(19,20)32-36)42(52)41(51)39(37)35-29-47(13,14)55(23-3)48(15,16)30-35/h33-36H,21-32H2,1-20H3. The lowest BCUT2D eigenvalue weighted by Gasteiger charge is -2.59. The number of likely N-dealkylation sites (tertiary alicyclic amines) is 4. The Labute approximate surface area is 345 Å². The summed E-state index contributed by atoms with van der Waals surface area (Å²) in [5.41, 5.74) is 2.98. The molecule has 322 valence electrons. The number of benzene rings is 1. The van der Waals surface area contributed by atoms with Crippen LogP contribution in [0.3, 0.4) is 0 Å². The van der Waals surface area contributed by atoms with Crippen LogP contribution < -0.4 is 0 Å². The van der Waals surface area contributed by atoms with Crippen molar-refractivity contribution in [3.63, 3.8) is 0 Å². The zero-order valence-corrected chi connectivity index (χ0v) is 40.3. The summed E-state index contributed by atoms with van der Waals surface area (Å²) >= 11 is 0. The minimum absolute atomic E-state index is 0.0675. The number of rotatable bonds is 8. The van der Waals surface area contributed by atoms with Gasteiger partial charge in [0.2, 0.25) is 0 Å². The summed E-state index contributed by atoms with van der Waals surface area (Å²) in [5.74, 6) is -0.920. The van der Waals surface area contributed by atoms with Crippen LogP contribution in [0.2, 0.25) is 0 Å². The molecule has 0 saturated carbocycles. The Balaban J connectivity index is 1.93. The summed E-state index contributed by atoms with van der Waals surface area (Å²) in [5, 5.41) is 0. The first-order valence-corrected chi connectivity index (χ1v) is 23.0. The fourth-order valence-electron chi connectivity index (χ4n) is 16.0.